The van der Waals surface area contributed by atoms with Crippen LogP contribution in [0.15, 0.2) is 48.5 Å². The van der Waals surface area contributed by atoms with Crippen LogP contribution in [0.4, 0.5) is 0 Å². The molecule has 0 aromatic heterocycles. The van der Waals surface area contributed by atoms with Crippen LogP contribution in [-0.2, 0) is 23.0 Å². The van der Waals surface area contributed by atoms with Crippen molar-refractivity contribution in [3.05, 3.63) is 70.8 Å². The Hall–Kier alpha value is -2.71. The molecule has 2 aromatic rings. The average Bonchev–Trinajstić information content (AvgIpc) is 2.67. The molecule has 27 heavy (non-hydrogen) atoms. The van der Waals surface area contributed by atoms with Crippen molar-refractivity contribution in [2.24, 2.45) is 0 Å². The standard InChI is InChI=1S/C19H22N2O5S/c1-2-27(25,26)21-13-15-5-7-16(8-6-15)18(22)20-12-11-14-3-9-17(10-4-14)19(23)24/h3-10,21H,2,11-13H2,1H3,(H,20,22)(H,23,24). The highest BCUT2D eigenvalue weighted by Crippen LogP contribution is 2.07. The number of benzene rings is 2. The van der Waals surface area contributed by atoms with E-state index in [-0.39, 0.29) is 23.8 Å². The lowest BCUT2D eigenvalue weighted by molar-refractivity contribution is 0.0696. The number of carbonyl (C=O) groups is 2. The Kier molecular flexibility index (Phi) is 7.09. The van der Waals surface area contributed by atoms with E-state index in [1.54, 1.807) is 43.3 Å². The maximum Gasteiger partial charge on any atom is 0.335 e. The van der Waals surface area contributed by atoms with E-state index >= 15 is 0 Å². The molecule has 0 atom stereocenters. The van der Waals surface area contributed by atoms with Gasteiger partial charge in [0.25, 0.3) is 5.91 Å². The smallest absolute Gasteiger partial charge is 0.335 e. The Morgan fingerprint density at radius 2 is 1.48 bits per heavy atom. The molecule has 8 heteroatoms. The maximum absolute atomic E-state index is 12.2. The first-order valence-corrected chi connectivity index (χ1v) is 10.1. The largest absolute Gasteiger partial charge is 0.478 e. The van der Waals surface area contributed by atoms with Crippen LogP contribution in [0.25, 0.3) is 0 Å². The zero-order valence-corrected chi connectivity index (χ0v) is 15.8. The number of hydrogen-bond acceptors (Lipinski definition) is 4. The Labute approximate surface area is 158 Å². The second-order valence-electron chi connectivity index (χ2n) is 5.93. The van der Waals surface area contributed by atoms with Crippen LogP contribution in [0, 0.1) is 0 Å². The van der Waals surface area contributed by atoms with E-state index in [2.05, 4.69) is 10.0 Å². The van der Waals surface area contributed by atoms with Crippen LogP contribution in [0.5, 0.6) is 0 Å². The summed E-state index contributed by atoms with van der Waals surface area (Å²) in [4.78, 5) is 23.0. The van der Waals surface area contributed by atoms with E-state index in [0.29, 0.717) is 18.5 Å². The summed E-state index contributed by atoms with van der Waals surface area (Å²) < 4.78 is 25.3. The van der Waals surface area contributed by atoms with Gasteiger partial charge in [0, 0.05) is 18.7 Å². The molecule has 2 aromatic carbocycles. The topological polar surface area (TPSA) is 113 Å². The van der Waals surface area contributed by atoms with Gasteiger partial charge in [-0.15, -0.1) is 0 Å². The molecule has 0 aliphatic rings. The van der Waals surface area contributed by atoms with Crippen LogP contribution in [0.1, 0.15) is 38.8 Å². The molecule has 0 fully saturated rings. The first-order chi connectivity index (χ1) is 12.8. The highest BCUT2D eigenvalue weighted by Gasteiger charge is 2.08. The molecule has 144 valence electrons. The predicted octanol–water partition coefficient (Wildman–Crippen LogP) is 1.80. The fourth-order valence-electron chi connectivity index (χ4n) is 2.31. The van der Waals surface area contributed by atoms with Crippen LogP contribution in [0.3, 0.4) is 0 Å². The number of sulfonamides is 1. The maximum atomic E-state index is 12.2. The molecule has 0 aliphatic heterocycles. The summed E-state index contributed by atoms with van der Waals surface area (Å²) >= 11 is 0. The average molecular weight is 390 g/mol. The number of nitrogens with one attached hydrogen (secondary N) is 2. The number of carbonyl (C=O) groups excluding carboxylic acids is 1. The summed E-state index contributed by atoms with van der Waals surface area (Å²) in [5.74, 6) is -1.18. The van der Waals surface area contributed by atoms with Gasteiger partial charge in [-0.05, 0) is 48.7 Å². The van der Waals surface area contributed by atoms with E-state index in [1.165, 1.54) is 12.1 Å². The molecular weight excluding hydrogens is 368 g/mol. The van der Waals surface area contributed by atoms with Gasteiger partial charge in [-0.1, -0.05) is 24.3 Å². The summed E-state index contributed by atoms with van der Waals surface area (Å²) in [6, 6.07) is 13.2. The number of rotatable bonds is 9. The van der Waals surface area contributed by atoms with E-state index in [4.69, 9.17) is 5.11 Å². The minimum Gasteiger partial charge on any atom is -0.478 e. The van der Waals surface area contributed by atoms with Gasteiger partial charge in [-0.2, -0.15) is 0 Å². The van der Waals surface area contributed by atoms with Crippen LogP contribution < -0.4 is 10.0 Å². The van der Waals surface area contributed by atoms with E-state index in [9.17, 15) is 18.0 Å². The molecule has 2 rings (SSSR count). The fraction of sp³-hybridized carbons (Fsp3) is 0.263. The highest BCUT2D eigenvalue weighted by molar-refractivity contribution is 7.89. The molecule has 0 spiro atoms. The highest BCUT2D eigenvalue weighted by atomic mass is 32.2. The van der Waals surface area contributed by atoms with E-state index < -0.39 is 16.0 Å². The second-order valence-corrected chi connectivity index (χ2v) is 8.02. The van der Waals surface area contributed by atoms with Gasteiger partial charge in [0.2, 0.25) is 10.0 Å². The first kappa shape index (κ1) is 20.6. The van der Waals surface area contributed by atoms with Gasteiger partial charge < -0.3 is 10.4 Å². The minimum atomic E-state index is -3.25. The van der Waals surface area contributed by atoms with E-state index in [1.807, 2.05) is 0 Å². The molecule has 0 saturated heterocycles. The van der Waals surface area contributed by atoms with Gasteiger partial charge in [0.05, 0.1) is 11.3 Å². The number of carboxylic acid groups (broad SMARTS) is 1. The first-order valence-electron chi connectivity index (χ1n) is 8.47. The Morgan fingerprint density at radius 1 is 0.926 bits per heavy atom. The third-order valence-corrected chi connectivity index (χ3v) is 5.34. The molecule has 7 nitrogen and oxygen atoms in total. The predicted molar refractivity (Wildman–Crippen MR) is 102 cm³/mol. The van der Waals surface area contributed by atoms with Crippen molar-refractivity contribution >= 4 is 21.9 Å². The molecule has 1 amide bonds. The van der Waals surface area contributed by atoms with Gasteiger partial charge in [-0.25, -0.2) is 17.9 Å². The van der Waals surface area contributed by atoms with Crippen molar-refractivity contribution < 1.29 is 23.1 Å². The molecule has 0 bridgehead atoms. The zero-order chi connectivity index (χ0) is 19.9. The van der Waals surface area contributed by atoms with Gasteiger partial charge in [0.1, 0.15) is 0 Å². The Balaban J connectivity index is 1.82. The van der Waals surface area contributed by atoms with Crippen LogP contribution in [-0.4, -0.2) is 37.7 Å². The third kappa shape index (κ3) is 6.50. The number of amides is 1. The van der Waals surface area contributed by atoms with Crippen molar-refractivity contribution in [3.8, 4) is 0 Å². The summed E-state index contributed by atoms with van der Waals surface area (Å²) in [6.07, 6.45) is 0.586. The molecular formula is C19H22N2O5S. The fourth-order valence-corrected chi connectivity index (χ4v) is 2.90. The number of aromatic carboxylic acids is 1. The van der Waals surface area contributed by atoms with Crippen molar-refractivity contribution in [1.29, 1.82) is 0 Å². The lowest BCUT2D eigenvalue weighted by Gasteiger charge is -2.08. The molecule has 0 unspecified atom stereocenters. The summed E-state index contributed by atoms with van der Waals surface area (Å²) in [5.41, 5.74) is 2.41. The van der Waals surface area contributed by atoms with Crippen molar-refractivity contribution in [3.63, 3.8) is 0 Å². The zero-order valence-electron chi connectivity index (χ0n) is 14.9. The molecule has 0 aliphatic carbocycles. The number of hydrogen-bond donors (Lipinski definition) is 3. The van der Waals surface area contributed by atoms with Gasteiger partial charge in [0.15, 0.2) is 0 Å². The lowest BCUT2D eigenvalue weighted by atomic mass is 10.1. The Bertz CT molecular complexity index is 891. The second kappa shape index (κ2) is 9.29. The normalized spacial score (nSPS) is 11.1. The Morgan fingerprint density at radius 3 is 2.04 bits per heavy atom. The minimum absolute atomic E-state index is 0.0204. The molecule has 0 saturated carbocycles. The molecule has 3 N–H and O–H groups in total. The van der Waals surface area contributed by atoms with Crippen molar-refractivity contribution in [2.75, 3.05) is 12.3 Å². The van der Waals surface area contributed by atoms with Crippen molar-refractivity contribution in [2.45, 2.75) is 19.9 Å². The molecule has 0 heterocycles. The van der Waals surface area contributed by atoms with Gasteiger partial charge >= 0.3 is 5.97 Å². The third-order valence-electron chi connectivity index (χ3n) is 3.99. The van der Waals surface area contributed by atoms with Crippen LogP contribution in [0.2, 0.25) is 0 Å². The molecule has 0 radical (unpaired) electrons. The van der Waals surface area contributed by atoms with E-state index in [0.717, 1.165) is 11.1 Å². The van der Waals surface area contributed by atoms with Crippen molar-refractivity contribution in [1.82, 2.24) is 10.0 Å². The lowest BCUT2D eigenvalue weighted by Crippen LogP contribution is -2.26. The SMILES string of the molecule is CCS(=O)(=O)NCc1ccc(C(=O)NCCc2ccc(C(=O)O)cc2)cc1. The summed E-state index contributed by atoms with van der Waals surface area (Å²) in [6.45, 7) is 2.17. The monoisotopic (exact) mass is 390 g/mol. The quantitative estimate of drug-likeness (QED) is 0.604. The van der Waals surface area contributed by atoms with Crippen LogP contribution >= 0.6 is 0 Å². The summed E-state index contributed by atoms with van der Waals surface area (Å²) in [5, 5.41) is 11.7. The number of carboxylic acids is 1. The van der Waals surface area contributed by atoms with Gasteiger partial charge in [-0.3, -0.25) is 4.79 Å². The summed E-state index contributed by atoms with van der Waals surface area (Å²) in [7, 11) is -3.25.